The van der Waals surface area contributed by atoms with Crippen LogP contribution in [-0.2, 0) is 0 Å². The first kappa shape index (κ1) is 12.4. The van der Waals surface area contributed by atoms with Crippen LogP contribution >= 0.6 is 31.9 Å². The zero-order valence-electron chi connectivity index (χ0n) is 9.42. The standard InChI is InChI=1S/C12H16Br2N2/c1-9-11(14)4-5-12(15-9)16-6-2-3-10(7-13)8-16/h4-5,10H,2-3,6-8H2,1H3. The number of aromatic nitrogens is 1. The second-order valence-electron chi connectivity index (χ2n) is 4.35. The van der Waals surface area contributed by atoms with Crippen LogP contribution in [0.2, 0.25) is 0 Å². The summed E-state index contributed by atoms with van der Waals surface area (Å²) in [5, 5.41) is 1.10. The SMILES string of the molecule is Cc1nc(N2CCCC(CBr)C2)ccc1Br. The maximum absolute atomic E-state index is 4.63. The van der Waals surface area contributed by atoms with Gasteiger partial charge in [0, 0.05) is 22.9 Å². The minimum atomic E-state index is 0.763. The van der Waals surface area contributed by atoms with Gasteiger partial charge in [-0.2, -0.15) is 0 Å². The summed E-state index contributed by atoms with van der Waals surface area (Å²) in [6.07, 6.45) is 2.60. The number of nitrogens with zero attached hydrogens (tertiary/aromatic N) is 2. The number of alkyl halides is 1. The van der Waals surface area contributed by atoms with Gasteiger partial charge in [0.1, 0.15) is 5.82 Å². The van der Waals surface area contributed by atoms with Crippen LogP contribution in [0.15, 0.2) is 16.6 Å². The van der Waals surface area contributed by atoms with Crippen molar-refractivity contribution in [1.82, 2.24) is 4.98 Å². The van der Waals surface area contributed by atoms with Crippen LogP contribution in [-0.4, -0.2) is 23.4 Å². The minimum Gasteiger partial charge on any atom is -0.356 e. The van der Waals surface area contributed by atoms with Gasteiger partial charge in [-0.1, -0.05) is 15.9 Å². The molecule has 1 aromatic rings. The molecule has 0 amide bonds. The molecule has 1 saturated heterocycles. The highest BCUT2D eigenvalue weighted by atomic mass is 79.9. The molecule has 0 aliphatic carbocycles. The van der Waals surface area contributed by atoms with Gasteiger partial charge in [-0.25, -0.2) is 4.98 Å². The van der Waals surface area contributed by atoms with E-state index < -0.39 is 0 Å². The summed E-state index contributed by atoms with van der Waals surface area (Å²) < 4.78 is 1.09. The largest absolute Gasteiger partial charge is 0.356 e. The molecule has 0 aromatic carbocycles. The molecular formula is C12H16Br2N2. The molecule has 88 valence electrons. The van der Waals surface area contributed by atoms with Gasteiger partial charge >= 0.3 is 0 Å². The molecular weight excluding hydrogens is 332 g/mol. The number of hydrogen-bond acceptors (Lipinski definition) is 2. The Morgan fingerprint density at radius 2 is 2.31 bits per heavy atom. The van der Waals surface area contributed by atoms with Crippen LogP contribution < -0.4 is 4.90 Å². The van der Waals surface area contributed by atoms with E-state index >= 15 is 0 Å². The third-order valence-corrected chi connectivity index (χ3v) is 4.82. The summed E-state index contributed by atoms with van der Waals surface area (Å²) in [6.45, 7) is 4.30. The van der Waals surface area contributed by atoms with Crippen LogP contribution in [0.25, 0.3) is 0 Å². The summed E-state index contributed by atoms with van der Waals surface area (Å²) in [7, 11) is 0. The molecule has 0 N–H and O–H groups in total. The summed E-state index contributed by atoms with van der Waals surface area (Å²) in [4.78, 5) is 7.03. The van der Waals surface area contributed by atoms with E-state index in [1.54, 1.807) is 0 Å². The fourth-order valence-electron chi connectivity index (χ4n) is 2.11. The Hall–Kier alpha value is -0.0900. The number of piperidine rings is 1. The molecule has 1 unspecified atom stereocenters. The number of rotatable bonds is 2. The lowest BCUT2D eigenvalue weighted by atomic mass is 10.0. The topological polar surface area (TPSA) is 16.1 Å². The van der Waals surface area contributed by atoms with Crippen LogP contribution in [0, 0.1) is 12.8 Å². The van der Waals surface area contributed by atoms with Gasteiger partial charge < -0.3 is 4.90 Å². The molecule has 0 radical (unpaired) electrons. The first-order chi connectivity index (χ1) is 7.70. The number of aryl methyl sites for hydroxylation is 1. The summed E-state index contributed by atoms with van der Waals surface area (Å²) >= 11 is 7.07. The van der Waals surface area contributed by atoms with E-state index in [1.165, 1.54) is 12.8 Å². The molecule has 1 atom stereocenters. The second kappa shape index (κ2) is 5.50. The summed E-state index contributed by atoms with van der Waals surface area (Å²) in [6, 6.07) is 4.20. The second-order valence-corrected chi connectivity index (χ2v) is 5.85. The Balaban J connectivity index is 2.13. The number of anilines is 1. The van der Waals surface area contributed by atoms with Crippen molar-refractivity contribution in [2.24, 2.45) is 5.92 Å². The molecule has 1 aliphatic rings. The van der Waals surface area contributed by atoms with E-state index in [0.29, 0.717) is 0 Å². The van der Waals surface area contributed by atoms with Crippen molar-refractivity contribution in [3.8, 4) is 0 Å². The third kappa shape index (κ3) is 2.77. The van der Waals surface area contributed by atoms with Crippen molar-refractivity contribution in [3.63, 3.8) is 0 Å². The van der Waals surface area contributed by atoms with E-state index in [-0.39, 0.29) is 0 Å². The molecule has 2 nitrogen and oxygen atoms in total. The molecule has 0 saturated carbocycles. The van der Waals surface area contributed by atoms with Gasteiger partial charge in [0.05, 0.1) is 5.69 Å². The van der Waals surface area contributed by atoms with Crippen molar-refractivity contribution in [2.75, 3.05) is 23.3 Å². The maximum Gasteiger partial charge on any atom is 0.128 e. The zero-order valence-corrected chi connectivity index (χ0v) is 12.6. The lowest BCUT2D eigenvalue weighted by Gasteiger charge is -2.33. The molecule has 1 aliphatic heterocycles. The first-order valence-electron chi connectivity index (χ1n) is 5.64. The molecule has 0 bridgehead atoms. The van der Waals surface area contributed by atoms with Gasteiger partial charge in [-0.3, -0.25) is 0 Å². The van der Waals surface area contributed by atoms with Crippen LogP contribution in [0.1, 0.15) is 18.5 Å². The summed E-state index contributed by atoms with van der Waals surface area (Å²) in [5.41, 5.74) is 1.07. The molecule has 1 fully saturated rings. The van der Waals surface area contributed by atoms with Crippen molar-refractivity contribution in [1.29, 1.82) is 0 Å². The lowest BCUT2D eigenvalue weighted by molar-refractivity contribution is 0.452. The van der Waals surface area contributed by atoms with Gasteiger partial charge in [0.25, 0.3) is 0 Å². The van der Waals surface area contributed by atoms with Crippen molar-refractivity contribution in [3.05, 3.63) is 22.3 Å². The average Bonchev–Trinajstić information content (AvgIpc) is 2.33. The average molecular weight is 348 g/mol. The van der Waals surface area contributed by atoms with Crippen LogP contribution in [0.3, 0.4) is 0 Å². The summed E-state index contributed by atoms with van der Waals surface area (Å²) in [5.74, 6) is 1.88. The number of hydrogen-bond donors (Lipinski definition) is 0. The molecule has 0 spiro atoms. The highest BCUT2D eigenvalue weighted by molar-refractivity contribution is 9.10. The molecule has 2 heterocycles. The van der Waals surface area contributed by atoms with Crippen LogP contribution in [0.4, 0.5) is 5.82 Å². The van der Waals surface area contributed by atoms with Gasteiger partial charge in [0.2, 0.25) is 0 Å². The normalized spacial score (nSPS) is 21.2. The van der Waals surface area contributed by atoms with E-state index in [4.69, 9.17) is 0 Å². The predicted octanol–water partition coefficient (Wildman–Crippen LogP) is 3.76. The zero-order chi connectivity index (χ0) is 11.5. The van der Waals surface area contributed by atoms with Crippen LogP contribution in [0.5, 0.6) is 0 Å². The third-order valence-electron chi connectivity index (χ3n) is 3.07. The maximum atomic E-state index is 4.63. The van der Waals surface area contributed by atoms with E-state index in [0.717, 1.165) is 40.3 Å². The highest BCUT2D eigenvalue weighted by Crippen LogP contribution is 2.25. The van der Waals surface area contributed by atoms with E-state index in [2.05, 4.69) is 53.9 Å². The van der Waals surface area contributed by atoms with Gasteiger partial charge in [-0.15, -0.1) is 0 Å². The lowest BCUT2D eigenvalue weighted by Crippen LogP contribution is -2.36. The van der Waals surface area contributed by atoms with Crippen molar-refractivity contribution < 1.29 is 0 Å². The fraction of sp³-hybridized carbons (Fsp3) is 0.583. The smallest absolute Gasteiger partial charge is 0.128 e. The van der Waals surface area contributed by atoms with E-state index in [1.807, 2.05) is 6.92 Å². The van der Waals surface area contributed by atoms with Gasteiger partial charge in [-0.05, 0) is 53.7 Å². The number of pyridine rings is 1. The Bertz CT molecular complexity index is 368. The van der Waals surface area contributed by atoms with Gasteiger partial charge in [0.15, 0.2) is 0 Å². The minimum absolute atomic E-state index is 0.763. The molecule has 2 rings (SSSR count). The Kier molecular flexibility index (Phi) is 4.25. The van der Waals surface area contributed by atoms with Crippen molar-refractivity contribution >= 4 is 37.7 Å². The quantitative estimate of drug-likeness (QED) is 0.757. The molecule has 1 aromatic heterocycles. The highest BCUT2D eigenvalue weighted by Gasteiger charge is 2.20. The fourth-order valence-corrected chi connectivity index (χ4v) is 2.86. The predicted molar refractivity (Wildman–Crippen MR) is 75.4 cm³/mol. The Morgan fingerprint density at radius 1 is 1.50 bits per heavy atom. The van der Waals surface area contributed by atoms with E-state index in [9.17, 15) is 0 Å². The molecule has 16 heavy (non-hydrogen) atoms. The Labute approximate surface area is 114 Å². The van der Waals surface area contributed by atoms with Crippen molar-refractivity contribution in [2.45, 2.75) is 19.8 Å². The first-order valence-corrected chi connectivity index (χ1v) is 7.56. The Morgan fingerprint density at radius 3 is 3.00 bits per heavy atom. The number of halogens is 2. The molecule has 4 heteroatoms. The monoisotopic (exact) mass is 346 g/mol.